The number of carbonyl (C=O) groups is 1. The van der Waals surface area contributed by atoms with Gasteiger partial charge in [-0.05, 0) is 24.3 Å². The van der Waals surface area contributed by atoms with Gasteiger partial charge in [0.15, 0.2) is 0 Å². The normalized spacial score (nSPS) is 10.3. The van der Waals surface area contributed by atoms with Gasteiger partial charge in [0, 0.05) is 41.9 Å². The van der Waals surface area contributed by atoms with Crippen LogP contribution in [0.15, 0.2) is 53.6 Å². The van der Waals surface area contributed by atoms with Crippen LogP contribution in [0.3, 0.4) is 0 Å². The molecule has 1 aromatic carbocycles. The van der Waals surface area contributed by atoms with E-state index in [0.29, 0.717) is 13.0 Å². The molecule has 1 aromatic heterocycles. The number of thioether (sulfide) groups is 1. The van der Waals surface area contributed by atoms with Gasteiger partial charge >= 0.3 is 0 Å². The second-order valence-electron chi connectivity index (χ2n) is 4.45. The molecule has 0 bridgehead atoms. The first-order valence-corrected chi connectivity index (χ1v) is 8.16. The Morgan fingerprint density at radius 2 is 2.00 bits per heavy atom. The van der Waals surface area contributed by atoms with Crippen LogP contribution in [-0.4, -0.2) is 23.2 Å². The average molecular weight is 321 g/mol. The van der Waals surface area contributed by atoms with Crippen LogP contribution in [-0.2, 0) is 11.2 Å². The van der Waals surface area contributed by atoms with Crippen LogP contribution in [0.25, 0.3) is 0 Å². The summed E-state index contributed by atoms with van der Waals surface area (Å²) < 4.78 is 0. The summed E-state index contributed by atoms with van der Waals surface area (Å²) in [7, 11) is 0. The summed E-state index contributed by atoms with van der Waals surface area (Å²) >= 11 is 7.66. The zero-order chi connectivity index (χ0) is 14.9. The molecular weight excluding hydrogens is 304 g/mol. The maximum absolute atomic E-state index is 11.7. The van der Waals surface area contributed by atoms with Crippen LogP contribution in [0.4, 0.5) is 0 Å². The van der Waals surface area contributed by atoms with Gasteiger partial charge in [-0.25, -0.2) is 0 Å². The standard InChI is InChI=1S/C16H17ClN2OS/c17-14-6-1-2-7-15(14)21-12-9-16(20)19-11-8-13-5-3-4-10-18-13/h1-7,10H,8-9,11-12H2,(H,19,20). The van der Waals surface area contributed by atoms with Gasteiger partial charge in [0.05, 0.1) is 5.02 Å². The van der Waals surface area contributed by atoms with Crippen molar-refractivity contribution in [2.24, 2.45) is 0 Å². The Bertz CT molecular complexity index is 577. The van der Waals surface area contributed by atoms with Gasteiger partial charge in [-0.3, -0.25) is 9.78 Å². The highest BCUT2D eigenvalue weighted by Gasteiger charge is 2.04. The lowest BCUT2D eigenvalue weighted by molar-refractivity contribution is -0.120. The monoisotopic (exact) mass is 320 g/mol. The molecule has 110 valence electrons. The molecule has 1 N–H and O–H groups in total. The number of hydrogen-bond acceptors (Lipinski definition) is 3. The lowest BCUT2D eigenvalue weighted by Crippen LogP contribution is -2.26. The van der Waals surface area contributed by atoms with E-state index in [1.165, 1.54) is 0 Å². The molecule has 0 fully saturated rings. The third-order valence-corrected chi connectivity index (χ3v) is 4.37. The number of aromatic nitrogens is 1. The van der Waals surface area contributed by atoms with Gasteiger partial charge in [0.25, 0.3) is 0 Å². The Balaban J connectivity index is 1.63. The molecule has 0 atom stereocenters. The molecule has 21 heavy (non-hydrogen) atoms. The summed E-state index contributed by atoms with van der Waals surface area (Å²) in [6.07, 6.45) is 3.00. The van der Waals surface area contributed by atoms with E-state index in [0.717, 1.165) is 27.8 Å². The summed E-state index contributed by atoms with van der Waals surface area (Å²) in [6.45, 7) is 0.618. The number of carbonyl (C=O) groups excluding carboxylic acids is 1. The van der Waals surface area contributed by atoms with E-state index < -0.39 is 0 Å². The molecule has 0 saturated heterocycles. The van der Waals surface area contributed by atoms with Crippen LogP contribution in [0, 0.1) is 0 Å². The van der Waals surface area contributed by atoms with Crippen molar-refractivity contribution in [3.63, 3.8) is 0 Å². The summed E-state index contributed by atoms with van der Waals surface area (Å²) in [4.78, 5) is 17.0. The molecule has 5 heteroatoms. The maximum atomic E-state index is 11.7. The smallest absolute Gasteiger partial charge is 0.220 e. The molecule has 0 aliphatic heterocycles. The topological polar surface area (TPSA) is 42.0 Å². The van der Waals surface area contributed by atoms with Crippen LogP contribution < -0.4 is 5.32 Å². The highest BCUT2D eigenvalue weighted by Crippen LogP contribution is 2.26. The van der Waals surface area contributed by atoms with Gasteiger partial charge < -0.3 is 5.32 Å². The Kier molecular flexibility index (Phi) is 6.57. The fraction of sp³-hybridized carbons (Fsp3) is 0.250. The number of nitrogens with zero attached hydrogens (tertiary/aromatic N) is 1. The molecular formula is C16H17ClN2OS. The SMILES string of the molecule is O=C(CCSc1ccccc1Cl)NCCc1ccccn1. The lowest BCUT2D eigenvalue weighted by Gasteiger charge is -2.06. The summed E-state index contributed by atoms with van der Waals surface area (Å²) in [5, 5.41) is 3.64. The minimum atomic E-state index is 0.0606. The largest absolute Gasteiger partial charge is 0.356 e. The summed E-state index contributed by atoms with van der Waals surface area (Å²) in [6, 6.07) is 13.5. The van der Waals surface area contributed by atoms with Crippen molar-refractivity contribution in [1.29, 1.82) is 0 Å². The molecule has 0 radical (unpaired) electrons. The Morgan fingerprint density at radius 1 is 1.19 bits per heavy atom. The third kappa shape index (κ3) is 5.78. The fourth-order valence-electron chi connectivity index (χ4n) is 1.78. The minimum Gasteiger partial charge on any atom is -0.356 e. The van der Waals surface area contributed by atoms with Crippen molar-refractivity contribution in [1.82, 2.24) is 10.3 Å². The summed E-state index contributed by atoms with van der Waals surface area (Å²) in [5.41, 5.74) is 0.989. The molecule has 3 nitrogen and oxygen atoms in total. The average Bonchev–Trinajstić information content (AvgIpc) is 2.50. The fourth-order valence-corrected chi connectivity index (χ4v) is 2.97. The number of benzene rings is 1. The number of nitrogens with one attached hydrogen (secondary N) is 1. The number of rotatable bonds is 7. The Morgan fingerprint density at radius 3 is 2.76 bits per heavy atom. The second-order valence-corrected chi connectivity index (χ2v) is 5.99. The van der Waals surface area contributed by atoms with Gasteiger partial charge in [-0.2, -0.15) is 0 Å². The second kappa shape index (κ2) is 8.70. The van der Waals surface area contributed by atoms with Crippen molar-refractivity contribution in [2.45, 2.75) is 17.7 Å². The van der Waals surface area contributed by atoms with Crippen LogP contribution in [0.5, 0.6) is 0 Å². The van der Waals surface area contributed by atoms with Crippen molar-refractivity contribution in [2.75, 3.05) is 12.3 Å². The number of hydrogen-bond donors (Lipinski definition) is 1. The van der Waals surface area contributed by atoms with Crippen molar-refractivity contribution < 1.29 is 4.79 Å². The zero-order valence-electron chi connectivity index (χ0n) is 11.6. The van der Waals surface area contributed by atoms with Crippen molar-refractivity contribution >= 4 is 29.3 Å². The van der Waals surface area contributed by atoms with E-state index in [1.54, 1.807) is 18.0 Å². The zero-order valence-corrected chi connectivity index (χ0v) is 13.2. The van der Waals surface area contributed by atoms with E-state index in [2.05, 4.69) is 10.3 Å². The molecule has 0 aliphatic rings. The van der Waals surface area contributed by atoms with Crippen LogP contribution >= 0.6 is 23.4 Å². The van der Waals surface area contributed by atoms with Crippen LogP contribution in [0.1, 0.15) is 12.1 Å². The first kappa shape index (κ1) is 15.9. The van der Waals surface area contributed by atoms with E-state index in [-0.39, 0.29) is 5.91 Å². The van der Waals surface area contributed by atoms with Gasteiger partial charge in [-0.15, -0.1) is 11.8 Å². The predicted octanol–water partition coefficient (Wildman–Crippen LogP) is 3.58. The number of amides is 1. The Labute approximate surface area is 134 Å². The third-order valence-electron chi connectivity index (χ3n) is 2.85. The molecule has 2 aromatic rings. The molecule has 0 spiro atoms. The maximum Gasteiger partial charge on any atom is 0.220 e. The van der Waals surface area contributed by atoms with E-state index in [9.17, 15) is 4.79 Å². The van der Waals surface area contributed by atoms with Crippen molar-refractivity contribution in [3.8, 4) is 0 Å². The molecule has 0 aliphatic carbocycles. The van der Waals surface area contributed by atoms with Crippen LogP contribution in [0.2, 0.25) is 5.02 Å². The van der Waals surface area contributed by atoms with E-state index in [4.69, 9.17) is 11.6 Å². The van der Waals surface area contributed by atoms with Gasteiger partial charge in [0.2, 0.25) is 5.91 Å². The number of pyridine rings is 1. The molecule has 1 heterocycles. The van der Waals surface area contributed by atoms with E-state index in [1.807, 2.05) is 42.5 Å². The first-order valence-electron chi connectivity index (χ1n) is 6.79. The molecule has 0 unspecified atom stereocenters. The lowest BCUT2D eigenvalue weighted by atomic mass is 10.2. The molecule has 1 amide bonds. The van der Waals surface area contributed by atoms with Gasteiger partial charge in [0.1, 0.15) is 0 Å². The highest BCUT2D eigenvalue weighted by atomic mass is 35.5. The predicted molar refractivity (Wildman–Crippen MR) is 87.7 cm³/mol. The van der Waals surface area contributed by atoms with E-state index >= 15 is 0 Å². The van der Waals surface area contributed by atoms with Crippen molar-refractivity contribution in [3.05, 3.63) is 59.4 Å². The Hall–Kier alpha value is -1.52. The quantitative estimate of drug-likeness (QED) is 0.793. The number of halogens is 1. The first-order chi connectivity index (χ1) is 10.3. The van der Waals surface area contributed by atoms with Gasteiger partial charge in [-0.1, -0.05) is 29.8 Å². The summed E-state index contributed by atoms with van der Waals surface area (Å²) in [5.74, 6) is 0.782. The minimum absolute atomic E-state index is 0.0606. The molecule has 2 rings (SSSR count). The molecule has 0 saturated carbocycles. The highest BCUT2D eigenvalue weighted by molar-refractivity contribution is 7.99.